The van der Waals surface area contributed by atoms with Crippen molar-refractivity contribution in [1.82, 2.24) is 0 Å². The Morgan fingerprint density at radius 1 is 0.179 bits per heavy atom. The van der Waals surface area contributed by atoms with E-state index in [1.54, 1.807) is 12.1 Å². The second-order valence-electron chi connectivity index (χ2n) is 20.1. The van der Waals surface area contributed by atoms with E-state index in [-0.39, 0.29) is 0 Å². The van der Waals surface area contributed by atoms with Crippen molar-refractivity contribution in [3.8, 4) is 45.3 Å². The van der Waals surface area contributed by atoms with Gasteiger partial charge in [0.2, 0.25) is 0 Å². The van der Waals surface area contributed by atoms with Crippen LogP contribution in [0.25, 0.3) is 22.3 Å². The molecule has 0 amide bonds. The second-order valence-corrected chi connectivity index (χ2v) is 20.1. The van der Waals surface area contributed by atoms with E-state index in [4.69, 9.17) is 12.2 Å². The molecule has 0 fully saturated rings. The molecule has 0 saturated heterocycles. The molecule has 0 aliphatic rings. The topological polar surface area (TPSA) is 31.4 Å². The van der Waals surface area contributed by atoms with Crippen LogP contribution in [0, 0.1) is 0 Å². The van der Waals surface area contributed by atoms with Crippen molar-refractivity contribution in [2.24, 2.45) is 0 Å². The van der Waals surface area contributed by atoms with E-state index in [0.29, 0.717) is 35.1 Å². The smallest absolute Gasteiger partial charge is 0.129 e. The van der Waals surface area contributed by atoms with Gasteiger partial charge < -0.3 is 29.1 Å². The Morgan fingerprint density at radius 2 is 0.417 bits per heavy atom. The van der Waals surface area contributed by atoms with Crippen LogP contribution in [0.4, 0.5) is 68.2 Å². The fraction of sp³-hybridized carbons (Fsp3) is 0. The van der Waals surface area contributed by atoms with Gasteiger partial charge in [0, 0.05) is 80.4 Å². The van der Waals surface area contributed by atoms with Crippen molar-refractivity contribution >= 4 is 68.2 Å². The van der Waals surface area contributed by atoms with E-state index in [0.717, 1.165) is 90.5 Å². The lowest BCUT2D eigenvalue weighted by Crippen LogP contribution is -2.12. The molecule has 6 heteroatoms. The standard InChI is InChI=1S/C78H58N4O2/c1-7-21-59(22-8-1)61-37-41-67(42-38-61)79(63-25-11-3-12-26-63)71-49-53-75(54-50-71)84-78-36-20-34-74(58-78)82(66-31-17-6-18-32-66)70-47-45-69(46-48-70)80(64-27-13-4-14-28-64)72-51-55-76(56-52-72)83-77-35-19-33-73(57-77)81(65-29-15-5-16-30-65)68-43-39-62(40-44-68)60-23-9-2-10-24-60/h1-58H/i11T,15T. The Balaban J connectivity index is 0.746. The van der Waals surface area contributed by atoms with Gasteiger partial charge in [0.25, 0.3) is 0 Å². The quantitative estimate of drug-likeness (QED) is 0.0851. The molecule has 0 atom stereocenters. The zero-order valence-electron chi connectivity index (χ0n) is 47.9. The molecule has 0 radical (unpaired) electrons. The lowest BCUT2D eigenvalue weighted by atomic mass is 10.0. The van der Waals surface area contributed by atoms with Crippen LogP contribution in [0.1, 0.15) is 2.74 Å². The molecule has 0 bridgehead atoms. The molecule has 13 rings (SSSR count). The molecular formula is C78H58N4O2. The van der Waals surface area contributed by atoms with Crippen molar-refractivity contribution in [3.05, 3.63) is 352 Å². The number of ether oxygens (including phenoxy) is 2. The van der Waals surface area contributed by atoms with E-state index < -0.39 is 0 Å². The highest BCUT2D eigenvalue weighted by molar-refractivity contribution is 5.83. The average molecular weight is 1090 g/mol. The van der Waals surface area contributed by atoms with Gasteiger partial charge in [-0.15, -0.1) is 0 Å². The summed E-state index contributed by atoms with van der Waals surface area (Å²) >= 11 is 0. The van der Waals surface area contributed by atoms with E-state index >= 15 is 0 Å². The molecule has 402 valence electrons. The summed E-state index contributed by atoms with van der Waals surface area (Å²) in [6.07, 6.45) is 0. The summed E-state index contributed by atoms with van der Waals surface area (Å²) in [4.78, 5) is 8.80. The zero-order valence-corrected chi connectivity index (χ0v) is 45.9. The summed E-state index contributed by atoms with van der Waals surface area (Å²) < 4.78 is 30.2. The SMILES string of the molecule is [3H]c1cccc(N(c2ccc(Oc3cccc(N(c4ccccc4)c4ccc(N(c5ccccc5)c5ccc(Oc6cccc(N(c7ccc(-c8ccccc8)cc7)c7cccc([3H])c7)c6)cc5)cc4)c3)cc2)c2ccc(-c3ccccc3)cc2)c1. The summed E-state index contributed by atoms with van der Waals surface area (Å²) in [5, 5.41) is 0. The van der Waals surface area contributed by atoms with Gasteiger partial charge in [-0.25, -0.2) is 0 Å². The number of anilines is 12. The highest BCUT2D eigenvalue weighted by Gasteiger charge is 2.19. The van der Waals surface area contributed by atoms with Crippen molar-refractivity contribution in [2.45, 2.75) is 0 Å². The third kappa shape index (κ3) is 11.8. The van der Waals surface area contributed by atoms with Crippen LogP contribution < -0.4 is 29.1 Å². The number of nitrogens with zero attached hydrogens (tertiary/aromatic N) is 4. The van der Waals surface area contributed by atoms with Crippen molar-refractivity contribution in [1.29, 1.82) is 0 Å². The molecule has 0 heterocycles. The van der Waals surface area contributed by atoms with Crippen LogP contribution >= 0.6 is 0 Å². The highest BCUT2D eigenvalue weighted by Crippen LogP contribution is 2.43. The molecule has 84 heavy (non-hydrogen) atoms. The van der Waals surface area contributed by atoms with Gasteiger partial charge in [-0.3, -0.25) is 0 Å². The molecular weight excluding hydrogens is 1020 g/mol. The fourth-order valence-corrected chi connectivity index (χ4v) is 10.6. The monoisotopic (exact) mass is 1090 g/mol. The van der Waals surface area contributed by atoms with Gasteiger partial charge in [0.05, 0.1) is 2.74 Å². The summed E-state index contributed by atoms with van der Waals surface area (Å²) in [5.41, 5.74) is 16.0. The van der Waals surface area contributed by atoms with Crippen LogP contribution in [0.15, 0.2) is 352 Å². The molecule has 0 aromatic heterocycles. The number of hydrogen-bond donors (Lipinski definition) is 0. The lowest BCUT2D eigenvalue weighted by Gasteiger charge is -2.28. The predicted molar refractivity (Wildman–Crippen MR) is 349 cm³/mol. The number of benzene rings is 13. The maximum absolute atomic E-state index is 8.48. The molecule has 0 aliphatic carbocycles. The normalized spacial score (nSPS) is 11.2. The van der Waals surface area contributed by atoms with Crippen LogP contribution in [-0.4, -0.2) is 0 Å². The second kappa shape index (κ2) is 24.6. The van der Waals surface area contributed by atoms with Crippen LogP contribution in [0.2, 0.25) is 0 Å². The maximum atomic E-state index is 8.48. The molecule has 0 N–H and O–H groups in total. The van der Waals surface area contributed by atoms with Crippen molar-refractivity contribution < 1.29 is 12.2 Å². The summed E-state index contributed by atoms with van der Waals surface area (Å²) in [7, 11) is 0. The first kappa shape index (κ1) is 49.7. The Morgan fingerprint density at radius 3 is 0.750 bits per heavy atom. The number of hydrogen-bond acceptors (Lipinski definition) is 6. The lowest BCUT2D eigenvalue weighted by molar-refractivity contribution is 0.482. The highest BCUT2D eigenvalue weighted by atomic mass is 16.5. The minimum Gasteiger partial charge on any atom is -0.457 e. The molecule has 0 aliphatic heterocycles. The molecule has 0 unspecified atom stereocenters. The average Bonchev–Trinajstić information content (AvgIpc) is 3.76. The number of para-hydroxylation sites is 4. The van der Waals surface area contributed by atoms with Gasteiger partial charge in [-0.2, -0.15) is 0 Å². The third-order valence-electron chi connectivity index (χ3n) is 14.6. The molecule has 0 spiro atoms. The van der Waals surface area contributed by atoms with Gasteiger partial charge in [-0.1, -0.05) is 170 Å². The Kier molecular flexibility index (Phi) is 14.5. The Hall–Kier alpha value is -11.3. The summed E-state index contributed by atoms with van der Waals surface area (Å²) in [6, 6.07) is 116. The van der Waals surface area contributed by atoms with Crippen LogP contribution in [0.3, 0.4) is 0 Å². The first-order valence-electron chi connectivity index (χ1n) is 29.0. The Bertz CT molecular complexity index is 4350. The predicted octanol–water partition coefficient (Wildman–Crippen LogP) is 22.5. The first-order valence-corrected chi connectivity index (χ1v) is 28.0. The maximum Gasteiger partial charge on any atom is 0.129 e. The summed E-state index contributed by atoms with van der Waals surface area (Å²) in [5.74, 6) is 2.77. The summed E-state index contributed by atoms with van der Waals surface area (Å²) in [6.45, 7) is 0. The molecule has 13 aromatic rings. The minimum atomic E-state index is 0.433. The Labute approximate surface area is 494 Å². The van der Waals surface area contributed by atoms with E-state index in [1.165, 1.54) is 0 Å². The molecule has 13 aromatic carbocycles. The van der Waals surface area contributed by atoms with Gasteiger partial charge >= 0.3 is 0 Å². The van der Waals surface area contributed by atoms with Gasteiger partial charge in [-0.05, 0) is 192 Å². The van der Waals surface area contributed by atoms with Crippen LogP contribution in [0.5, 0.6) is 23.0 Å². The van der Waals surface area contributed by atoms with E-state index in [2.05, 4.69) is 232 Å². The van der Waals surface area contributed by atoms with Crippen LogP contribution in [-0.2, 0) is 0 Å². The number of rotatable bonds is 18. The van der Waals surface area contributed by atoms with Gasteiger partial charge in [0.15, 0.2) is 0 Å². The minimum absolute atomic E-state index is 0.433. The molecule has 0 saturated carbocycles. The van der Waals surface area contributed by atoms with E-state index in [1.807, 2.05) is 115 Å². The van der Waals surface area contributed by atoms with E-state index in [9.17, 15) is 0 Å². The largest absolute Gasteiger partial charge is 0.457 e. The van der Waals surface area contributed by atoms with Crippen molar-refractivity contribution in [2.75, 3.05) is 19.6 Å². The first-order chi connectivity index (χ1) is 42.4. The van der Waals surface area contributed by atoms with Crippen molar-refractivity contribution in [3.63, 3.8) is 0 Å². The fourth-order valence-electron chi connectivity index (χ4n) is 10.6. The zero-order chi connectivity index (χ0) is 58.0. The van der Waals surface area contributed by atoms with Gasteiger partial charge in [0.1, 0.15) is 23.0 Å². The molecule has 6 nitrogen and oxygen atoms in total. The third-order valence-corrected chi connectivity index (χ3v) is 14.6.